The highest BCUT2D eigenvalue weighted by Crippen LogP contribution is 2.27. The fourth-order valence-corrected chi connectivity index (χ4v) is 5.01. The number of para-hydroxylation sites is 1. The van der Waals surface area contributed by atoms with Gasteiger partial charge in [0.1, 0.15) is 17.2 Å². The molecule has 0 aliphatic heterocycles. The summed E-state index contributed by atoms with van der Waals surface area (Å²) in [6, 6.07) is 24.0. The molecule has 3 aromatic carbocycles. The number of hydrogen-bond donors (Lipinski definition) is 4. The first-order valence-electron chi connectivity index (χ1n) is 14.6. The Morgan fingerprint density at radius 1 is 0.844 bits per heavy atom. The quantitative estimate of drug-likeness (QED) is 0.155. The molecule has 0 spiro atoms. The maximum Gasteiger partial charge on any atom is 0.337 e. The number of anilines is 2. The summed E-state index contributed by atoms with van der Waals surface area (Å²) in [6.07, 6.45) is 4.91. The molecular formula is C34H34N4O7. The zero-order valence-electron chi connectivity index (χ0n) is 24.7. The number of rotatable bonds is 11. The number of carbonyl (C=O) groups is 3. The van der Waals surface area contributed by atoms with Gasteiger partial charge in [-0.1, -0.05) is 24.3 Å². The highest BCUT2D eigenvalue weighted by molar-refractivity contribution is 6.01. The highest BCUT2D eigenvalue weighted by Gasteiger charge is 2.24. The molecule has 45 heavy (non-hydrogen) atoms. The lowest BCUT2D eigenvalue weighted by molar-refractivity contribution is -0.115. The Labute approximate surface area is 260 Å². The molecule has 4 aromatic rings. The zero-order chi connectivity index (χ0) is 31.6. The Balaban J connectivity index is 1.04. The van der Waals surface area contributed by atoms with E-state index in [1.165, 1.54) is 6.07 Å². The second-order valence-electron chi connectivity index (χ2n) is 10.6. The number of amides is 3. The number of carboxylic acid groups (broad SMARTS) is 1. The Kier molecular flexibility index (Phi) is 10.1. The lowest BCUT2D eigenvalue weighted by Crippen LogP contribution is -2.41. The Hall–Kier alpha value is -5.58. The monoisotopic (exact) mass is 610 g/mol. The molecule has 1 aromatic heterocycles. The molecule has 1 heterocycles. The summed E-state index contributed by atoms with van der Waals surface area (Å²) in [5.41, 5.74) is 1.59. The van der Waals surface area contributed by atoms with Gasteiger partial charge < -0.3 is 35.3 Å². The number of methoxy groups -OCH3 is 1. The van der Waals surface area contributed by atoms with Crippen molar-refractivity contribution in [3.63, 3.8) is 0 Å². The summed E-state index contributed by atoms with van der Waals surface area (Å²) in [5, 5.41) is 17.8. The molecule has 1 aliphatic carbocycles. The van der Waals surface area contributed by atoms with Gasteiger partial charge in [-0.25, -0.2) is 14.6 Å². The number of carboxylic acids is 1. The van der Waals surface area contributed by atoms with Gasteiger partial charge in [0.05, 0.1) is 30.9 Å². The molecular weight excluding hydrogens is 576 g/mol. The molecule has 11 nitrogen and oxygen atoms in total. The first kappa shape index (κ1) is 30.9. The number of aromatic nitrogens is 1. The number of nitrogens with one attached hydrogen (secondary N) is 3. The molecule has 1 saturated carbocycles. The van der Waals surface area contributed by atoms with Crippen molar-refractivity contribution >= 4 is 29.3 Å². The van der Waals surface area contributed by atoms with Crippen LogP contribution in [0, 0.1) is 0 Å². The molecule has 4 N–H and O–H groups in total. The first-order valence-corrected chi connectivity index (χ1v) is 14.6. The van der Waals surface area contributed by atoms with Gasteiger partial charge in [-0.2, -0.15) is 0 Å². The molecule has 0 radical (unpaired) electrons. The predicted octanol–water partition coefficient (Wildman–Crippen LogP) is 6.27. The van der Waals surface area contributed by atoms with Crippen molar-refractivity contribution < 1.29 is 33.7 Å². The summed E-state index contributed by atoms with van der Waals surface area (Å²) < 4.78 is 17.2. The van der Waals surface area contributed by atoms with Gasteiger partial charge >= 0.3 is 12.0 Å². The summed E-state index contributed by atoms with van der Waals surface area (Å²) in [6.45, 7) is 0. The maximum atomic E-state index is 12.4. The van der Waals surface area contributed by atoms with Crippen LogP contribution in [-0.2, 0) is 11.2 Å². The number of urea groups is 1. The molecule has 1 fully saturated rings. The first-order chi connectivity index (χ1) is 21.8. The van der Waals surface area contributed by atoms with Gasteiger partial charge in [0.15, 0.2) is 0 Å². The van der Waals surface area contributed by atoms with E-state index in [2.05, 4.69) is 20.9 Å². The number of ether oxygens (including phenoxy) is 3. The average Bonchev–Trinajstić information content (AvgIpc) is 3.04. The third-order valence-corrected chi connectivity index (χ3v) is 7.28. The van der Waals surface area contributed by atoms with Gasteiger partial charge in [-0.05, 0) is 79.8 Å². The van der Waals surface area contributed by atoms with Crippen molar-refractivity contribution in [1.82, 2.24) is 10.3 Å². The van der Waals surface area contributed by atoms with Crippen LogP contribution < -0.4 is 30.2 Å². The third kappa shape index (κ3) is 8.96. The van der Waals surface area contributed by atoms with Crippen LogP contribution in [0.5, 0.6) is 23.1 Å². The van der Waals surface area contributed by atoms with Crippen molar-refractivity contribution in [2.24, 2.45) is 0 Å². The van der Waals surface area contributed by atoms with Gasteiger partial charge in [0.25, 0.3) is 0 Å². The van der Waals surface area contributed by atoms with E-state index >= 15 is 0 Å². The number of pyridine rings is 1. The van der Waals surface area contributed by atoms with Crippen molar-refractivity contribution in [2.75, 3.05) is 17.7 Å². The largest absolute Gasteiger partial charge is 0.497 e. The van der Waals surface area contributed by atoms with E-state index in [0.29, 0.717) is 28.6 Å². The van der Waals surface area contributed by atoms with Gasteiger partial charge in [0, 0.05) is 30.1 Å². The number of hydrogen-bond acceptors (Lipinski definition) is 7. The standard InChI is InChI=1S/C34H34N4O7/c1-43-28-6-4-5-24(20-28)37-34(42)36-23-10-12-25(13-11-23)44-26-14-16-27(17-15-26)45-32-18-9-22(21-35-32)19-31(39)38-30-8-3-2-7-29(30)33(40)41/h2-9,14-18,20-21,23,25H,10-13,19H2,1H3,(H,38,39)(H,40,41)(H2,36,37,42). The molecule has 232 valence electrons. The Morgan fingerprint density at radius 3 is 2.31 bits per heavy atom. The fourth-order valence-electron chi connectivity index (χ4n) is 5.01. The van der Waals surface area contributed by atoms with Crippen molar-refractivity contribution in [3.05, 3.63) is 102 Å². The molecule has 5 rings (SSSR count). The predicted molar refractivity (Wildman–Crippen MR) is 168 cm³/mol. The highest BCUT2D eigenvalue weighted by atomic mass is 16.5. The van der Waals surface area contributed by atoms with E-state index in [4.69, 9.17) is 14.2 Å². The van der Waals surface area contributed by atoms with Crippen LogP contribution in [0.1, 0.15) is 41.6 Å². The maximum absolute atomic E-state index is 12.4. The van der Waals surface area contributed by atoms with Gasteiger partial charge in [0.2, 0.25) is 11.8 Å². The van der Waals surface area contributed by atoms with E-state index < -0.39 is 5.97 Å². The van der Waals surface area contributed by atoms with Crippen LogP contribution in [0.15, 0.2) is 91.1 Å². The van der Waals surface area contributed by atoms with Crippen molar-refractivity contribution in [1.29, 1.82) is 0 Å². The van der Waals surface area contributed by atoms with E-state index in [0.717, 1.165) is 31.4 Å². The van der Waals surface area contributed by atoms with E-state index in [-0.39, 0.29) is 41.8 Å². The minimum Gasteiger partial charge on any atom is -0.497 e. The normalized spacial score (nSPS) is 15.8. The minimum absolute atomic E-state index is 0.0246. The minimum atomic E-state index is -1.11. The van der Waals surface area contributed by atoms with Crippen molar-refractivity contribution in [2.45, 2.75) is 44.2 Å². The summed E-state index contributed by atoms with van der Waals surface area (Å²) in [4.78, 5) is 40.5. The Bertz CT molecular complexity index is 1620. The van der Waals surface area contributed by atoms with E-state index in [9.17, 15) is 19.5 Å². The second kappa shape index (κ2) is 14.7. The van der Waals surface area contributed by atoms with Crippen LogP contribution in [0.2, 0.25) is 0 Å². The topological polar surface area (TPSA) is 148 Å². The number of aromatic carboxylic acids is 1. The van der Waals surface area contributed by atoms with Gasteiger partial charge in [-0.3, -0.25) is 4.79 Å². The van der Waals surface area contributed by atoms with E-state index in [1.54, 1.807) is 61.8 Å². The summed E-state index contributed by atoms with van der Waals surface area (Å²) in [5.74, 6) is 0.894. The molecule has 0 saturated heterocycles. The second-order valence-corrected chi connectivity index (χ2v) is 10.6. The number of benzene rings is 3. The van der Waals surface area contributed by atoms with Crippen molar-refractivity contribution in [3.8, 4) is 23.1 Å². The Morgan fingerprint density at radius 2 is 1.60 bits per heavy atom. The molecule has 3 amide bonds. The molecule has 0 unspecified atom stereocenters. The average molecular weight is 611 g/mol. The lowest BCUT2D eigenvalue weighted by atomic mass is 9.93. The SMILES string of the molecule is COc1cccc(NC(=O)NC2CCC(Oc3ccc(Oc4ccc(CC(=O)Nc5ccccc5C(=O)O)cn4)cc3)CC2)c1. The molecule has 11 heteroatoms. The lowest BCUT2D eigenvalue weighted by Gasteiger charge is -2.29. The van der Waals surface area contributed by atoms with Crippen LogP contribution in [0.3, 0.4) is 0 Å². The van der Waals surface area contributed by atoms with Gasteiger partial charge in [-0.15, -0.1) is 0 Å². The summed E-state index contributed by atoms with van der Waals surface area (Å²) in [7, 11) is 1.59. The fraction of sp³-hybridized carbons (Fsp3) is 0.235. The number of nitrogens with zero attached hydrogens (tertiary/aromatic N) is 1. The van der Waals surface area contributed by atoms with Crippen LogP contribution in [0.4, 0.5) is 16.2 Å². The third-order valence-electron chi connectivity index (χ3n) is 7.28. The smallest absolute Gasteiger partial charge is 0.337 e. The van der Waals surface area contributed by atoms with Crippen LogP contribution >= 0.6 is 0 Å². The van der Waals surface area contributed by atoms with Crippen LogP contribution in [-0.4, -0.2) is 47.3 Å². The molecule has 1 aliphatic rings. The van der Waals surface area contributed by atoms with E-state index in [1.807, 2.05) is 30.3 Å². The zero-order valence-corrected chi connectivity index (χ0v) is 24.7. The molecule has 0 atom stereocenters. The number of carbonyl (C=O) groups excluding carboxylic acids is 2. The summed E-state index contributed by atoms with van der Waals surface area (Å²) >= 11 is 0. The molecule has 0 bridgehead atoms. The van der Waals surface area contributed by atoms with Crippen LogP contribution in [0.25, 0.3) is 0 Å².